The lowest BCUT2D eigenvalue weighted by molar-refractivity contribution is -0.129. The van der Waals surface area contributed by atoms with E-state index in [0.29, 0.717) is 6.54 Å². The molecule has 0 aromatic heterocycles. The number of carbonyl (C=O) groups excluding carboxylic acids is 1. The van der Waals surface area contributed by atoms with Crippen molar-refractivity contribution < 1.29 is 4.79 Å². The van der Waals surface area contributed by atoms with Gasteiger partial charge in [0.25, 0.3) is 0 Å². The first-order valence-electron chi connectivity index (χ1n) is 8.67. The largest absolute Gasteiger partial charge is 0.341 e. The molecule has 1 unspecified atom stereocenters. The Bertz CT molecular complexity index is 497. The number of carbonyl (C=O) groups is 1. The standard InChI is InChI=1S/C19H28N2O/c1-19(10-9-16-5-3-2-4-6-16)11-12-21(15-19)18(22)14-20-13-17-7-8-17/h2-6,17,20H,7-15H2,1H3. The normalized spacial score (nSPS) is 24.7. The third-order valence-corrected chi connectivity index (χ3v) is 5.18. The lowest BCUT2D eigenvalue weighted by atomic mass is 9.83. The number of likely N-dealkylation sites (tertiary alicyclic amines) is 1. The Morgan fingerprint density at radius 1 is 1.32 bits per heavy atom. The molecule has 1 atom stereocenters. The predicted octanol–water partition coefficient (Wildman–Crippen LogP) is 2.86. The second-order valence-corrected chi connectivity index (χ2v) is 7.44. The number of nitrogens with zero attached hydrogens (tertiary/aromatic N) is 1. The van der Waals surface area contributed by atoms with Crippen LogP contribution in [0.3, 0.4) is 0 Å². The molecule has 1 aliphatic heterocycles. The van der Waals surface area contributed by atoms with E-state index in [9.17, 15) is 4.79 Å². The zero-order valence-corrected chi connectivity index (χ0v) is 13.7. The van der Waals surface area contributed by atoms with E-state index >= 15 is 0 Å². The first-order chi connectivity index (χ1) is 10.6. The van der Waals surface area contributed by atoms with Crippen molar-refractivity contribution in [3.05, 3.63) is 35.9 Å². The molecule has 1 aromatic rings. The fourth-order valence-electron chi connectivity index (χ4n) is 3.35. The van der Waals surface area contributed by atoms with Gasteiger partial charge in [0, 0.05) is 13.1 Å². The molecule has 3 heteroatoms. The number of aryl methyl sites for hydroxylation is 1. The number of hydrogen-bond donors (Lipinski definition) is 1. The van der Waals surface area contributed by atoms with Crippen LogP contribution in [-0.2, 0) is 11.2 Å². The fraction of sp³-hybridized carbons (Fsp3) is 0.632. The average molecular weight is 300 g/mol. The van der Waals surface area contributed by atoms with Gasteiger partial charge in [0.05, 0.1) is 6.54 Å². The van der Waals surface area contributed by atoms with Crippen molar-refractivity contribution in [2.75, 3.05) is 26.2 Å². The third-order valence-electron chi connectivity index (χ3n) is 5.18. The van der Waals surface area contributed by atoms with Crippen molar-refractivity contribution in [3.63, 3.8) is 0 Å². The van der Waals surface area contributed by atoms with Crippen molar-refractivity contribution in [2.45, 2.75) is 39.0 Å². The highest BCUT2D eigenvalue weighted by Crippen LogP contribution is 2.34. The summed E-state index contributed by atoms with van der Waals surface area (Å²) in [4.78, 5) is 14.3. The van der Waals surface area contributed by atoms with Crippen LogP contribution in [0.5, 0.6) is 0 Å². The van der Waals surface area contributed by atoms with E-state index in [4.69, 9.17) is 0 Å². The predicted molar refractivity (Wildman–Crippen MR) is 89.7 cm³/mol. The van der Waals surface area contributed by atoms with Crippen LogP contribution in [0.15, 0.2) is 30.3 Å². The SMILES string of the molecule is CC1(CCc2ccccc2)CCN(C(=O)CNCC2CC2)C1. The van der Waals surface area contributed by atoms with Crippen molar-refractivity contribution >= 4 is 5.91 Å². The van der Waals surface area contributed by atoms with Gasteiger partial charge in [-0.2, -0.15) is 0 Å². The van der Waals surface area contributed by atoms with Crippen LogP contribution in [0, 0.1) is 11.3 Å². The topological polar surface area (TPSA) is 32.3 Å². The summed E-state index contributed by atoms with van der Waals surface area (Å²) < 4.78 is 0. The molecule has 3 rings (SSSR count). The van der Waals surface area contributed by atoms with E-state index in [1.54, 1.807) is 0 Å². The van der Waals surface area contributed by atoms with Crippen molar-refractivity contribution in [1.29, 1.82) is 0 Å². The van der Waals surface area contributed by atoms with Crippen LogP contribution in [0.1, 0.15) is 38.2 Å². The van der Waals surface area contributed by atoms with Crippen LogP contribution < -0.4 is 5.32 Å². The molecule has 0 spiro atoms. The Hall–Kier alpha value is -1.35. The summed E-state index contributed by atoms with van der Waals surface area (Å²) >= 11 is 0. The van der Waals surface area contributed by atoms with E-state index in [0.717, 1.165) is 44.8 Å². The molecule has 1 saturated carbocycles. The van der Waals surface area contributed by atoms with E-state index < -0.39 is 0 Å². The molecular formula is C19H28N2O. The van der Waals surface area contributed by atoms with Crippen LogP contribution in [0.4, 0.5) is 0 Å². The summed E-state index contributed by atoms with van der Waals surface area (Å²) in [5.41, 5.74) is 1.68. The zero-order valence-electron chi connectivity index (χ0n) is 13.7. The average Bonchev–Trinajstić information content (AvgIpc) is 3.27. The molecule has 1 amide bonds. The van der Waals surface area contributed by atoms with Gasteiger partial charge in [-0.3, -0.25) is 4.79 Å². The van der Waals surface area contributed by atoms with Crippen LogP contribution in [-0.4, -0.2) is 37.0 Å². The van der Waals surface area contributed by atoms with Gasteiger partial charge in [-0.05, 0) is 55.5 Å². The molecule has 0 bridgehead atoms. The van der Waals surface area contributed by atoms with Gasteiger partial charge in [-0.15, -0.1) is 0 Å². The van der Waals surface area contributed by atoms with E-state index in [2.05, 4.69) is 47.5 Å². The van der Waals surface area contributed by atoms with E-state index in [-0.39, 0.29) is 11.3 Å². The quantitative estimate of drug-likeness (QED) is 0.840. The molecule has 3 nitrogen and oxygen atoms in total. The fourth-order valence-corrected chi connectivity index (χ4v) is 3.35. The Morgan fingerprint density at radius 2 is 2.09 bits per heavy atom. The van der Waals surface area contributed by atoms with Crippen LogP contribution in [0.25, 0.3) is 0 Å². The minimum absolute atomic E-state index is 0.280. The number of amides is 1. The van der Waals surface area contributed by atoms with Crippen LogP contribution in [0.2, 0.25) is 0 Å². The molecule has 2 fully saturated rings. The molecule has 1 aromatic carbocycles. The molecular weight excluding hydrogens is 272 g/mol. The highest BCUT2D eigenvalue weighted by molar-refractivity contribution is 5.78. The monoisotopic (exact) mass is 300 g/mol. The van der Waals surface area contributed by atoms with E-state index in [1.807, 2.05) is 0 Å². The van der Waals surface area contributed by atoms with Crippen molar-refractivity contribution in [3.8, 4) is 0 Å². The van der Waals surface area contributed by atoms with Crippen LogP contribution >= 0.6 is 0 Å². The zero-order chi connectivity index (χ0) is 15.4. The molecule has 120 valence electrons. The van der Waals surface area contributed by atoms with Gasteiger partial charge in [-0.1, -0.05) is 37.3 Å². The van der Waals surface area contributed by atoms with Gasteiger partial charge in [0.1, 0.15) is 0 Å². The van der Waals surface area contributed by atoms with E-state index in [1.165, 1.54) is 18.4 Å². The number of rotatable bonds is 7. The first kappa shape index (κ1) is 15.5. The molecule has 0 radical (unpaired) electrons. The van der Waals surface area contributed by atoms with Gasteiger partial charge < -0.3 is 10.2 Å². The van der Waals surface area contributed by atoms with Gasteiger partial charge in [0.15, 0.2) is 0 Å². The number of benzene rings is 1. The van der Waals surface area contributed by atoms with Gasteiger partial charge in [-0.25, -0.2) is 0 Å². The minimum atomic E-state index is 0.280. The first-order valence-corrected chi connectivity index (χ1v) is 8.67. The second kappa shape index (κ2) is 6.82. The van der Waals surface area contributed by atoms with Gasteiger partial charge >= 0.3 is 0 Å². The second-order valence-electron chi connectivity index (χ2n) is 7.44. The molecule has 1 aliphatic carbocycles. The summed E-state index contributed by atoms with van der Waals surface area (Å²) in [7, 11) is 0. The Balaban J connectivity index is 1.42. The summed E-state index contributed by atoms with van der Waals surface area (Å²) in [5, 5.41) is 3.32. The maximum atomic E-state index is 12.3. The summed E-state index contributed by atoms with van der Waals surface area (Å²) in [6, 6.07) is 10.7. The minimum Gasteiger partial charge on any atom is -0.341 e. The maximum absolute atomic E-state index is 12.3. The number of hydrogen-bond acceptors (Lipinski definition) is 2. The van der Waals surface area contributed by atoms with Crippen molar-refractivity contribution in [1.82, 2.24) is 10.2 Å². The lowest BCUT2D eigenvalue weighted by Crippen LogP contribution is -2.38. The van der Waals surface area contributed by atoms with Gasteiger partial charge in [0.2, 0.25) is 5.91 Å². The summed E-state index contributed by atoms with van der Waals surface area (Å²) in [6.45, 7) is 5.72. The summed E-state index contributed by atoms with van der Waals surface area (Å²) in [5.74, 6) is 1.12. The highest BCUT2D eigenvalue weighted by Gasteiger charge is 2.35. The Kier molecular flexibility index (Phi) is 4.82. The molecule has 2 aliphatic rings. The summed E-state index contributed by atoms with van der Waals surface area (Å²) in [6.07, 6.45) is 6.08. The lowest BCUT2D eigenvalue weighted by Gasteiger charge is -2.25. The Morgan fingerprint density at radius 3 is 2.82 bits per heavy atom. The Labute approximate surface area is 134 Å². The molecule has 22 heavy (non-hydrogen) atoms. The molecule has 1 heterocycles. The molecule has 1 N–H and O–H groups in total. The molecule has 1 saturated heterocycles. The smallest absolute Gasteiger partial charge is 0.236 e. The van der Waals surface area contributed by atoms with Crippen molar-refractivity contribution in [2.24, 2.45) is 11.3 Å². The number of nitrogens with one attached hydrogen (secondary N) is 1. The maximum Gasteiger partial charge on any atom is 0.236 e. The highest BCUT2D eigenvalue weighted by atomic mass is 16.2. The third kappa shape index (κ3) is 4.33.